The second kappa shape index (κ2) is 10.8. The number of hydrogen-bond donors (Lipinski definition) is 1. The highest BCUT2D eigenvalue weighted by Crippen LogP contribution is 2.20. The molecular weight excluding hydrogens is 410 g/mol. The summed E-state index contributed by atoms with van der Waals surface area (Å²) in [4.78, 5) is 17.2. The maximum Gasteiger partial charge on any atom is 0.251 e. The van der Waals surface area contributed by atoms with E-state index in [0.717, 1.165) is 43.6 Å². The summed E-state index contributed by atoms with van der Waals surface area (Å²) in [6.45, 7) is 3.62. The van der Waals surface area contributed by atoms with Crippen molar-refractivity contribution in [2.45, 2.75) is 39.2 Å². The topological polar surface area (TPSA) is 56.1 Å². The number of imidazole rings is 1. The summed E-state index contributed by atoms with van der Waals surface area (Å²) >= 11 is 0. The van der Waals surface area contributed by atoms with Crippen LogP contribution in [0.1, 0.15) is 46.6 Å². The van der Waals surface area contributed by atoms with Crippen LogP contribution < -0.4 is 10.1 Å². The zero-order valence-electron chi connectivity index (χ0n) is 19.4. The van der Waals surface area contributed by atoms with Gasteiger partial charge in [-0.2, -0.15) is 0 Å². The van der Waals surface area contributed by atoms with Crippen molar-refractivity contribution in [1.82, 2.24) is 14.9 Å². The van der Waals surface area contributed by atoms with Crippen molar-refractivity contribution in [2.24, 2.45) is 0 Å². The summed E-state index contributed by atoms with van der Waals surface area (Å²) < 4.78 is 7.53. The molecule has 1 heterocycles. The van der Waals surface area contributed by atoms with Gasteiger partial charge in [0.05, 0.1) is 18.1 Å². The van der Waals surface area contributed by atoms with Crippen LogP contribution in [-0.2, 0) is 13.0 Å². The first-order valence-electron chi connectivity index (χ1n) is 11.6. The first-order chi connectivity index (χ1) is 16.1. The van der Waals surface area contributed by atoms with E-state index in [1.165, 1.54) is 16.6 Å². The monoisotopic (exact) mass is 441 g/mol. The van der Waals surface area contributed by atoms with E-state index in [1.54, 1.807) is 19.2 Å². The van der Waals surface area contributed by atoms with Gasteiger partial charge >= 0.3 is 0 Å². The van der Waals surface area contributed by atoms with E-state index in [9.17, 15) is 4.79 Å². The number of aromatic nitrogens is 2. The third kappa shape index (κ3) is 5.80. The zero-order valence-corrected chi connectivity index (χ0v) is 19.4. The van der Waals surface area contributed by atoms with Gasteiger partial charge in [0.1, 0.15) is 11.6 Å². The number of ether oxygens (including phenoxy) is 1. The minimum Gasteiger partial charge on any atom is -0.497 e. The van der Waals surface area contributed by atoms with Crippen LogP contribution in [0.25, 0.3) is 11.0 Å². The van der Waals surface area contributed by atoms with E-state index >= 15 is 0 Å². The molecule has 0 saturated heterocycles. The van der Waals surface area contributed by atoms with Crippen molar-refractivity contribution in [3.63, 3.8) is 0 Å². The normalized spacial score (nSPS) is 11.0. The molecule has 4 rings (SSSR count). The molecule has 4 aromatic rings. The summed E-state index contributed by atoms with van der Waals surface area (Å²) in [5.41, 5.74) is 5.42. The quantitative estimate of drug-likeness (QED) is 0.329. The number of amides is 1. The lowest BCUT2D eigenvalue weighted by Crippen LogP contribution is -2.24. The fraction of sp³-hybridized carbons (Fsp3) is 0.286. The van der Waals surface area contributed by atoms with Crippen molar-refractivity contribution in [2.75, 3.05) is 13.7 Å². The molecule has 0 aliphatic rings. The Hall–Kier alpha value is -3.60. The summed E-state index contributed by atoms with van der Waals surface area (Å²) in [7, 11) is 1.60. The van der Waals surface area contributed by atoms with Crippen LogP contribution in [0.5, 0.6) is 5.75 Å². The molecule has 0 atom stereocenters. The minimum atomic E-state index is -0.0613. The molecule has 170 valence electrons. The fourth-order valence-electron chi connectivity index (χ4n) is 4.14. The van der Waals surface area contributed by atoms with E-state index in [0.29, 0.717) is 17.9 Å². The van der Waals surface area contributed by atoms with Crippen LogP contribution in [0, 0.1) is 6.92 Å². The second-order valence-electron chi connectivity index (χ2n) is 8.39. The van der Waals surface area contributed by atoms with Crippen LogP contribution in [0.15, 0.2) is 72.8 Å². The van der Waals surface area contributed by atoms with Crippen LogP contribution in [0.2, 0.25) is 0 Å². The molecule has 0 spiro atoms. The van der Waals surface area contributed by atoms with Crippen LogP contribution in [-0.4, -0.2) is 29.1 Å². The predicted molar refractivity (Wildman–Crippen MR) is 133 cm³/mol. The molecule has 33 heavy (non-hydrogen) atoms. The first-order valence-corrected chi connectivity index (χ1v) is 11.6. The number of benzene rings is 3. The third-order valence-corrected chi connectivity index (χ3v) is 5.85. The molecule has 5 heteroatoms. The Morgan fingerprint density at radius 2 is 1.82 bits per heavy atom. The highest BCUT2D eigenvalue weighted by Gasteiger charge is 2.11. The number of rotatable bonds is 10. The summed E-state index contributed by atoms with van der Waals surface area (Å²) in [5, 5.41) is 3.00. The van der Waals surface area contributed by atoms with Gasteiger partial charge in [0.15, 0.2) is 0 Å². The number of carbonyl (C=O) groups is 1. The maximum absolute atomic E-state index is 12.3. The van der Waals surface area contributed by atoms with Gasteiger partial charge in [-0.25, -0.2) is 4.98 Å². The standard InChI is InChI=1S/C28H31N3O2/c1-21-10-8-11-22(18-21)20-31-26-15-6-5-14-25(26)30-27(31)16-4-3-7-17-29-28(32)23-12-9-13-24(19-23)33-2/h5-6,8-15,18-19H,3-4,7,16-17,20H2,1-2H3,(H,29,32). The summed E-state index contributed by atoms with van der Waals surface area (Å²) in [5.74, 6) is 1.75. The van der Waals surface area contributed by atoms with E-state index in [4.69, 9.17) is 9.72 Å². The van der Waals surface area contributed by atoms with Crippen LogP contribution in [0.4, 0.5) is 0 Å². The third-order valence-electron chi connectivity index (χ3n) is 5.85. The SMILES string of the molecule is COc1cccc(C(=O)NCCCCCc2nc3ccccc3n2Cc2cccc(C)c2)c1. The number of para-hydroxylation sites is 2. The molecule has 0 unspecified atom stereocenters. The van der Waals surface area contributed by atoms with Gasteiger partial charge in [-0.15, -0.1) is 0 Å². The number of fused-ring (bicyclic) bond motifs is 1. The van der Waals surface area contributed by atoms with Gasteiger partial charge in [-0.3, -0.25) is 4.79 Å². The van der Waals surface area contributed by atoms with Gasteiger partial charge in [-0.1, -0.05) is 54.4 Å². The average molecular weight is 442 g/mol. The Kier molecular flexibility index (Phi) is 7.40. The van der Waals surface area contributed by atoms with Gasteiger partial charge in [0.25, 0.3) is 5.91 Å². The molecular formula is C28H31N3O2. The zero-order chi connectivity index (χ0) is 23.0. The Morgan fingerprint density at radius 3 is 2.67 bits per heavy atom. The Balaban J connectivity index is 1.31. The van der Waals surface area contributed by atoms with Crippen LogP contribution >= 0.6 is 0 Å². The van der Waals surface area contributed by atoms with Crippen molar-refractivity contribution < 1.29 is 9.53 Å². The van der Waals surface area contributed by atoms with Gasteiger partial charge < -0.3 is 14.6 Å². The van der Waals surface area contributed by atoms with Gasteiger partial charge in [-0.05, 0) is 55.7 Å². The lowest BCUT2D eigenvalue weighted by molar-refractivity contribution is 0.0952. The number of nitrogens with zero attached hydrogens (tertiary/aromatic N) is 2. The average Bonchev–Trinajstić information content (AvgIpc) is 3.18. The van der Waals surface area contributed by atoms with Gasteiger partial charge in [0.2, 0.25) is 0 Å². The Labute approximate surface area is 195 Å². The second-order valence-corrected chi connectivity index (χ2v) is 8.39. The van der Waals surface area contributed by atoms with Crippen molar-refractivity contribution in [3.8, 4) is 5.75 Å². The Bertz CT molecular complexity index is 1230. The van der Waals surface area contributed by atoms with Crippen LogP contribution in [0.3, 0.4) is 0 Å². The molecule has 1 aromatic heterocycles. The number of aryl methyl sites for hydroxylation is 2. The largest absolute Gasteiger partial charge is 0.497 e. The molecule has 0 bridgehead atoms. The van der Waals surface area contributed by atoms with E-state index in [2.05, 4.69) is 59.3 Å². The molecule has 3 aromatic carbocycles. The molecule has 0 aliphatic carbocycles. The Morgan fingerprint density at radius 1 is 0.970 bits per heavy atom. The first kappa shape index (κ1) is 22.6. The lowest BCUT2D eigenvalue weighted by atomic mass is 10.1. The van der Waals surface area contributed by atoms with Crippen molar-refractivity contribution in [3.05, 3.63) is 95.3 Å². The van der Waals surface area contributed by atoms with Gasteiger partial charge in [0, 0.05) is 25.1 Å². The number of nitrogens with one attached hydrogen (secondary N) is 1. The highest BCUT2D eigenvalue weighted by atomic mass is 16.5. The number of unbranched alkanes of at least 4 members (excludes halogenated alkanes) is 2. The van der Waals surface area contributed by atoms with E-state index in [-0.39, 0.29) is 5.91 Å². The molecule has 0 aliphatic heterocycles. The number of hydrogen-bond acceptors (Lipinski definition) is 3. The summed E-state index contributed by atoms with van der Waals surface area (Å²) in [6.07, 6.45) is 3.93. The molecule has 1 N–H and O–H groups in total. The number of carbonyl (C=O) groups excluding carboxylic acids is 1. The van der Waals surface area contributed by atoms with E-state index in [1.807, 2.05) is 18.2 Å². The summed E-state index contributed by atoms with van der Waals surface area (Å²) in [6, 6.07) is 24.2. The van der Waals surface area contributed by atoms with Crippen molar-refractivity contribution in [1.29, 1.82) is 0 Å². The predicted octanol–water partition coefficient (Wildman–Crippen LogP) is 5.54. The molecule has 0 saturated carbocycles. The maximum atomic E-state index is 12.3. The molecule has 0 fully saturated rings. The van der Waals surface area contributed by atoms with E-state index < -0.39 is 0 Å². The number of methoxy groups -OCH3 is 1. The smallest absolute Gasteiger partial charge is 0.251 e. The minimum absolute atomic E-state index is 0.0613. The van der Waals surface area contributed by atoms with Crippen molar-refractivity contribution >= 4 is 16.9 Å². The molecule has 0 radical (unpaired) electrons. The molecule has 5 nitrogen and oxygen atoms in total. The lowest BCUT2D eigenvalue weighted by Gasteiger charge is -2.10. The molecule has 1 amide bonds. The highest BCUT2D eigenvalue weighted by molar-refractivity contribution is 5.94. The fourth-order valence-corrected chi connectivity index (χ4v) is 4.14.